The summed E-state index contributed by atoms with van der Waals surface area (Å²) in [5.41, 5.74) is -0.253. The first-order chi connectivity index (χ1) is 10.4. The number of aliphatic hydroxyl groups excluding tert-OH is 1. The van der Waals surface area contributed by atoms with Crippen molar-refractivity contribution in [3.05, 3.63) is 35.4 Å². The Kier molecular flexibility index (Phi) is 5.80. The van der Waals surface area contributed by atoms with Gasteiger partial charge in [0.25, 0.3) is 0 Å². The molecule has 1 aromatic rings. The summed E-state index contributed by atoms with van der Waals surface area (Å²) in [7, 11) is 2.02. The number of nitrogens with zero attached hydrogens (tertiary/aromatic N) is 1. The topological polar surface area (TPSA) is 44.7 Å². The number of ether oxygens (including phenoxy) is 1. The number of alkyl halides is 3. The van der Waals surface area contributed by atoms with Crippen LogP contribution in [-0.2, 0) is 10.9 Å². The average Bonchev–Trinajstić information content (AvgIpc) is 2.46. The molecular weight excluding hydrogens is 297 g/mol. The Morgan fingerprint density at radius 2 is 2.05 bits per heavy atom. The van der Waals surface area contributed by atoms with Crippen LogP contribution < -0.4 is 5.32 Å². The SMILES string of the molecule is CN1CCO[C@@H](CNC[C@@H](O)c2ccc(C(F)(F)F)cc2)C1. The van der Waals surface area contributed by atoms with E-state index in [0.717, 1.165) is 25.2 Å². The largest absolute Gasteiger partial charge is 0.416 e. The van der Waals surface area contributed by atoms with Gasteiger partial charge in [-0.15, -0.1) is 0 Å². The summed E-state index contributed by atoms with van der Waals surface area (Å²) in [4.78, 5) is 2.17. The second kappa shape index (κ2) is 7.41. The van der Waals surface area contributed by atoms with Crippen LogP contribution in [0.2, 0.25) is 0 Å². The molecule has 2 rings (SSSR count). The van der Waals surface area contributed by atoms with E-state index in [4.69, 9.17) is 4.74 Å². The quantitative estimate of drug-likeness (QED) is 0.867. The molecule has 124 valence electrons. The molecule has 1 aliphatic heterocycles. The molecule has 2 atom stereocenters. The molecule has 1 heterocycles. The van der Waals surface area contributed by atoms with E-state index in [1.165, 1.54) is 12.1 Å². The first-order valence-electron chi connectivity index (χ1n) is 7.22. The Hall–Kier alpha value is -1.15. The van der Waals surface area contributed by atoms with Gasteiger partial charge in [-0.2, -0.15) is 13.2 Å². The van der Waals surface area contributed by atoms with E-state index in [1.54, 1.807) is 0 Å². The lowest BCUT2D eigenvalue weighted by Crippen LogP contribution is -2.45. The molecule has 0 amide bonds. The molecule has 4 nitrogen and oxygen atoms in total. The minimum Gasteiger partial charge on any atom is -0.387 e. The molecule has 1 saturated heterocycles. The highest BCUT2D eigenvalue weighted by Crippen LogP contribution is 2.29. The van der Waals surface area contributed by atoms with Crippen LogP contribution in [0.5, 0.6) is 0 Å². The number of nitrogens with one attached hydrogen (secondary N) is 1. The molecule has 1 aliphatic rings. The van der Waals surface area contributed by atoms with Crippen molar-refractivity contribution in [3.8, 4) is 0 Å². The number of aliphatic hydroxyl groups is 1. The first-order valence-corrected chi connectivity index (χ1v) is 7.22. The average molecular weight is 318 g/mol. The zero-order valence-corrected chi connectivity index (χ0v) is 12.4. The zero-order valence-electron chi connectivity index (χ0n) is 12.4. The molecule has 1 fully saturated rings. The van der Waals surface area contributed by atoms with Crippen molar-refractivity contribution >= 4 is 0 Å². The van der Waals surface area contributed by atoms with Crippen LogP contribution in [0.15, 0.2) is 24.3 Å². The summed E-state index contributed by atoms with van der Waals surface area (Å²) in [5, 5.41) is 13.1. The summed E-state index contributed by atoms with van der Waals surface area (Å²) in [6.07, 6.45) is -5.13. The molecule has 0 saturated carbocycles. The van der Waals surface area contributed by atoms with Gasteiger partial charge in [-0.05, 0) is 24.7 Å². The van der Waals surface area contributed by atoms with Crippen LogP contribution in [-0.4, -0.2) is 55.9 Å². The lowest BCUT2D eigenvalue weighted by atomic mass is 10.1. The lowest BCUT2D eigenvalue weighted by Gasteiger charge is -2.30. The number of likely N-dealkylation sites (N-methyl/N-ethyl adjacent to an activating group) is 1. The van der Waals surface area contributed by atoms with E-state index >= 15 is 0 Å². The van der Waals surface area contributed by atoms with Gasteiger partial charge < -0.3 is 20.1 Å². The van der Waals surface area contributed by atoms with Gasteiger partial charge in [0.15, 0.2) is 0 Å². The lowest BCUT2D eigenvalue weighted by molar-refractivity contribution is -0.137. The third-order valence-electron chi connectivity index (χ3n) is 3.67. The van der Waals surface area contributed by atoms with Crippen LogP contribution in [0.4, 0.5) is 13.2 Å². The van der Waals surface area contributed by atoms with Gasteiger partial charge in [0.1, 0.15) is 0 Å². The molecule has 7 heteroatoms. The second-order valence-electron chi connectivity index (χ2n) is 5.55. The normalized spacial score (nSPS) is 21.8. The molecule has 0 aliphatic carbocycles. The summed E-state index contributed by atoms with van der Waals surface area (Å²) in [6, 6.07) is 4.58. The number of morpholine rings is 1. The summed E-state index contributed by atoms with van der Waals surface area (Å²) in [5.74, 6) is 0. The Labute approximate surface area is 127 Å². The van der Waals surface area contributed by atoms with Gasteiger partial charge in [-0.1, -0.05) is 12.1 Å². The molecule has 0 unspecified atom stereocenters. The van der Waals surface area contributed by atoms with Crippen LogP contribution in [0.1, 0.15) is 17.2 Å². The number of halogens is 3. The van der Waals surface area contributed by atoms with Crippen molar-refractivity contribution in [1.82, 2.24) is 10.2 Å². The van der Waals surface area contributed by atoms with Gasteiger partial charge in [0.2, 0.25) is 0 Å². The number of hydrogen-bond acceptors (Lipinski definition) is 4. The minimum absolute atomic E-state index is 0.0681. The smallest absolute Gasteiger partial charge is 0.387 e. The third kappa shape index (κ3) is 4.95. The Bertz CT molecular complexity index is 465. The molecular formula is C15H21F3N2O2. The van der Waals surface area contributed by atoms with E-state index in [1.807, 2.05) is 7.05 Å². The van der Waals surface area contributed by atoms with E-state index in [-0.39, 0.29) is 12.6 Å². The molecule has 22 heavy (non-hydrogen) atoms. The predicted octanol–water partition coefficient (Wildman–Crippen LogP) is 1.66. The maximum absolute atomic E-state index is 12.5. The van der Waals surface area contributed by atoms with Gasteiger partial charge >= 0.3 is 6.18 Å². The summed E-state index contributed by atoms with van der Waals surface area (Å²) >= 11 is 0. The van der Waals surface area contributed by atoms with Crippen molar-refractivity contribution in [3.63, 3.8) is 0 Å². The Balaban J connectivity index is 1.78. The predicted molar refractivity (Wildman–Crippen MR) is 76.5 cm³/mol. The monoisotopic (exact) mass is 318 g/mol. The van der Waals surface area contributed by atoms with E-state index in [0.29, 0.717) is 18.7 Å². The Morgan fingerprint density at radius 3 is 2.64 bits per heavy atom. The molecule has 0 aromatic heterocycles. The van der Waals surface area contributed by atoms with Crippen LogP contribution in [0, 0.1) is 0 Å². The maximum atomic E-state index is 12.5. The maximum Gasteiger partial charge on any atom is 0.416 e. The van der Waals surface area contributed by atoms with Gasteiger partial charge in [0.05, 0.1) is 24.4 Å². The van der Waals surface area contributed by atoms with Crippen LogP contribution in [0.3, 0.4) is 0 Å². The highest BCUT2D eigenvalue weighted by atomic mass is 19.4. The number of hydrogen-bond donors (Lipinski definition) is 2. The molecule has 2 N–H and O–H groups in total. The van der Waals surface area contributed by atoms with Crippen molar-refractivity contribution in [2.24, 2.45) is 0 Å². The molecule has 0 bridgehead atoms. The van der Waals surface area contributed by atoms with E-state index < -0.39 is 17.8 Å². The molecule has 0 spiro atoms. The van der Waals surface area contributed by atoms with Crippen molar-refractivity contribution in [2.45, 2.75) is 18.4 Å². The standard InChI is InChI=1S/C15H21F3N2O2/c1-20-6-7-22-13(10-20)8-19-9-14(21)11-2-4-12(5-3-11)15(16,17)18/h2-5,13-14,19,21H,6-10H2,1H3/t13-,14+/m0/s1. The fraction of sp³-hybridized carbons (Fsp3) is 0.600. The van der Waals surface area contributed by atoms with Gasteiger partial charge in [-0.3, -0.25) is 0 Å². The highest BCUT2D eigenvalue weighted by Gasteiger charge is 2.30. The van der Waals surface area contributed by atoms with Crippen molar-refractivity contribution in [2.75, 3.05) is 39.8 Å². The first kappa shape index (κ1) is 17.2. The van der Waals surface area contributed by atoms with E-state index in [9.17, 15) is 18.3 Å². The fourth-order valence-corrected chi connectivity index (χ4v) is 2.38. The Morgan fingerprint density at radius 1 is 1.36 bits per heavy atom. The van der Waals surface area contributed by atoms with Crippen LogP contribution in [0.25, 0.3) is 0 Å². The van der Waals surface area contributed by atoms with Gasteiger partial charge in [0, 0.05) is 26.2 Å². The van der Waals surface area contributed by atoms with Gasteiger partial charge in [-0.25, -0.2) is 0 Å². The highest BCUT2D eigenvalue weighted by molar-refractivity contribution is 5.26. The molecule has 0 radical (unpaired) electrons. The van der Waals surface area contributed by atoms with Crippen molar-refractivity contribution < 1.29 is 23.0 Å². The van der Waals surface area contributed by atoms with Crippen molar-refractivity contribution in [1.29, 1.82) is 0 Å². The van der Waals surface area contributed by atoms with Crippen LogP contribution >= 0.6 is 0 Å². The fourth-order valence-electron chi connectivity index (χ4n) is 2.38. The minimum atomic E-state index is -4.36. The third-order valence-corrected chi connectivity index (χ3v) is 3.67. The summed E-state index contributed by atoms with van der Waals surface area (Å²) < 4.78 is 43.0. The molecule has 1 aromatic carbocycles. The number of benzene rings is 1. The van der Waals surface area contributed by atoms with E-state index in [2.05, 4.69) is 10.2 Å². The number of rotatable bonds is 5. The zero-order chi connectivity index (χ0) is 16.2. The summed E-state index contributed by atoms with van der Waals surface area (Å²) in [6.45, 7) is 3.29. The second-order valence-corrected chi connectivity index (χ2v) is 5.55.